The SMILES string of the molecule is Cc1occc1-c1nnc(SCCC(=O)Nc2ccccc2[N+](=O)[O-])o1. The Hall–Kier alpha value is -3.14. The number of benzene rings is 1. The Labute approximate surface area is 151 Å². The van der Waals surface area contributed by atoms with Crippen LogP contribution in [0.15, 0.2) is 50.7 Å². The van der Waals surface area contributed by atoms with Crippen LogP contribution >= 0.6 is 11.8 Å². The number of para-hydroxylation sites is 2. The van der Waals surface area contributed by atoms with Crippen LogP contribution in [0.4, 0.5) is 11.4 Å². The number of carbonyl (C=O) groups excluding carboxylic acids is 1. The number of hydrogen-bond donors (Lipinski definition) is 1. The number of nitro benzene ring substituents is 1. The van der Waals surface area contributed by atoms with E-state index in [4.69, 9.17) is 8.83 Å². The van der Waals surface area contributed by atoms with Crippen molar-refractivity contribution in [3.05, 3.63) is 52.5 Å². The second-order valence-electron chi connectivity index (χ2n) is 5.18. The van der Waals surface area contributed by atoms with Crippen LogP contribution in [-0.2, 0) is 4.79 Å². The van der Waals surface area contributed by atoms with Crippen molar-refractivity contribution < 1.29 is 18.6 Å². The lowest BCUT2D eigenvalue weighted by Crippen LogP contribution is -2.13. The largest absolute Gasteiger partial charge is 0.469 e. The molecule has 2 aromatic heterocycles. The third-order valence-corrected chi connectivity index (χ3v) is 4.25. The highest BCUT2D eigenvalue weighted by molar-refractivity contribution is 7.99. The molecule has 1 N–H and O–H groups in total. The number of rotatable bonds is 7. The van der Waals surface area contributed by atoms with E-state index in [1.165, 1.54) is 30.2 Å². The minimum absolute atomic E-state index is 0.138. The quantitative estimate of drug-likeness (QED) is 0.377. The summed E-state index contributed by atoms with van der Waals surface area (Å²) < 4.78 is 10.7. The molecule has 0 aliphatic rings. The maximum Gasteiger partial charge on any atom is 0.292 e. The van der Waals surface area contributed by atoms with Gasteiger partial charge in [0.15, 0.2) is 0 Å². The minimum Gasteiger partial charge on any atom is -0.469 e. The van der Waals surface area contributed by atoms with Crippen LogP contribution in [0.5, 0.6) is 0 Å². The zero-order valence-electron chi connectivity index (χ0n) is 13.7. The van der Waals surface area contributed by atoms with E-state index in [1.807, 2.05) is 0 Å². The van der Waals surface area contributed by atoms with Crippen molar-refractivity contribution in [2.75, 3.05) is 11.1 Å². The molecule has 0 atom stereocenters. The van der Waals surface area contributed by atoms with E-state index in [1.54, 1.807) is 25.1 Å². The van der Waals surface area contributed by atoms with Crippen LogP contribution in [0.3, 0.4) is 0 Å². The Morgan fingerprint density at radius 2 is 2.12 bits per heavy atom. The van der Waals surface area contributed by atoms with Crippen LogP contribution < -0.4 is 5.32 Å². The first-order valence-electron chi connectivity index (χ1n) is 7.58. The Morgan fingerprint density at radius 3 is 2.85 bits per heavy atom. The molecule has 0 spiro atoms. The first-order valence-corrected chi connectivity index (χ1v) is 8.57. The molecule has 9 nitrogen and oxygen atoms in total. The molecule has 134 valence electrons. The van der Waals surface area contributed by atoms with Crippen molar-refractivity contribution >= 4 is 29.0 Å². The van der Waals surface area contributed by atoms with Crippen molar-refractivity contribution in [3.8, 4) is 11.5 Å². The van der Waals surface area contributed by atoms with Crippen LogP contribution in [-0.4, -0.2) is 26.8 Å². The van der Waals surface area contributed by atoms with E-state index in [0.717, 1.165) is 5.56 Å². The number of nitro groups is 1. The number of nitrogens with one attached hydrogen (secondary N) is 1. The molecule has 3 aromatic rings. The van der Waals surface area contributed by atoms with E-state index in [0.29, 0.717) is 22.6 Å². The molecule has 0 saturated carbocycles. The number of carbonyl (C=O) groups is 1. The highest BCUT2D eigenvalue weighted by atomic mass is 32.2. The van der Waals surface area contributed by atoms with Gasteiger partial charge in [-0.1, -0.05) is 23.9 Å². The maximum atomic E-state index is 12.0. The molecule has 3 rings (SSSR count). The second kappa shape index (κ2) is 7.83. The summed E-state index contributed by atoms with van der Waals surface area (Å²) >= 11 is 1.23. The summed E-state index contributed by atoms with van der Waals surface area (Å²) in [6.45, 7) is 1.79. The van der Waals surface area contributed by atoms with E-state index in [9.17, 15) is 14.9 Å². The van der Waals surface area contributed by atoms with Crippen molar-refractivity contribution in [2.24, 2.45) is 0 Å². The molecular weight excluding hydrogens is 360 g/mol. The number of amides is 1. The molecule has 26 heavy (non-hydrogen) atoms. The van der Waals surface area contributed by atoms with E-state index in [2.05, 4.69) is 15.5 Å². The number of aromatic nitrogens is 2. The van der Waals surface area contributed by atoms with Crippen molar-refractivity contribution in [2.45, 2.75) is 18.6 Å². The van der Waals surface area contributed by atoms with Crippen LogP contribution in [0.1, 0.15) is 12.2 Å². The predicted molar refractivity (Wildman–Crippen MR) is 93.8 cm³/mol. The topological polar surface area (TPSA) is 124 Å². The summed E-state index contributed by atoms with van der Waals surface area (Å²) in [5.41, 5.74) is 0.743. The van der Waals surface area contributed by atoms with Crippen LogP contribution in [0.2, 0.25) is 0 Å². The summed E-state index contributed by atoms with van der Waals surface area (Å²) in [4.78, 5) is 22.4. The predicted octanol–water partition coefficient (Wildman–Crippen LogP) is 3.67. The standard InChI is InChI=1S/C16H14N4O5S/c1-10-11(6-8-24-10)15-18-19-16(25-15)26-9-7-14(21)17-12-4-2-3-5-13(12)20(22)23/h2-6,8H,7,9H2,1H3,(H,17,21). The lowest BCUT2D eigenvalue weighted by molar-refractivity contribution is -0.383. The molecule has 1 amide bonds. The first kappa shape index (κ1) is 17.7. The zero-order valence-corrected chi connectivity index (χ0v) is 14.5. The van der Waals surface area contributed by atoms with Gasteiger partial charge in [-0.2, -0.15) is 0 Å². The van der Waals surface area contributed by atoms with Gasteiger partial charge in [0.25, 0.3) is 16.8 Å². The second-order valence-corrected chi connectivity index (χ2v) is 6.23. The molecule has 0 aliphatic carbocycles. The molecule has 0 bridgehead atoms. The Morgan fingerprint density at radius 1 is 1.31 bits per heavy atom. The normalized spacial score (nSPS) is 10.7. The minimum atomic E-state index is -0.539. The van der Waals surface area contributed by atoms with E-state index in [-0.39, 0.29) is 23.7 Å². The van der Waals surface area contributed by atoms with Gasteiger partial charge in [-0.25, -0.2) is 0 Å². The summed E-state index contributed by atoms with van der Waals surface area (Å²) in [5.74, 6) is 1.08. The van der Waals surface area contributed by atoms with Gasteiger partial charge < -0.3 is 14.2 Å². The van der Waals surface area contributed by atoms with Crippen molar-refractivity contribution in [1.82, 2.24) is 10.2 Å². The highest BCUT2D eigenvalue weighted by Gasteiger charge is 2.16. The Kier molecular flexibility index (Phi) is 5.32. The summed E-state index contributed by atoms with van der Waals surface area (Å²) in [6, 6.07) is 7.72. The first-order chi connectivity index (χ1) is 12.5. The van der Waals surface area contributed by atoms with Crippen molar-refractivity contribution in [1.29, 1.82) is 0 Å². The Bertz CT molecular complexity index is 936. The van der Waals surface area contributed by atoms with Crippen molar-refractivity contribution in [3.63, 3.8) is 0 Å². The molecule has 2 heterocycles. The zero-order chi connectivity index (χ0) is 18.5. The molecule has 1 aromatic carbocycles. The van der Waals surface area contributed by atoms with Gasteiger partial charge in [-0.3, -0.25) is 14.9 Å². The molecule has 0 saturated heterocycles. The molecule has 10 heteroatoms. The maximum absolute atomic E-state index is 12.0. The van der Waals surface area contributed by atoms with Gasteiger partial charge in [0.1, 0.15) is 11.4 Å². The van der Waals surface area contributed by atoms with Gasteiger partial charge >= 0.3 is 0 Å². The highest BCUT2D eigenvalue weighted by Crippen LogP contribution is 2.27. The van der Waals surface area contributed by atoms with E-state index < -0.39 is 4.92 Å². The number of anilines is 1. The molecular formula is C16H14N4O5S. The third kappa shape index (κ3) is 4.09. The average molecular weight is 374 g/mol. The van der Waals surface area contributed by atoms with Gasteiger partial charge in [0, 0.05) is 18.2 Å². The monoisotopic (exact) mass is 374 g/mol. The lowest BCUT2D eigenvalue weighted by atomic mass is 10.2. The lowest BCUT2D eigenvalue weighted by Gasteiger charge is -2.04. The summed E-state index contributed by atoms with van der Waals surface area (Å²) in [5, 5.41) is 21.7. The molecule has 0 unspecified atom stereocenters. The number of hydrogen-bond acceptors (Lipinski definition) is 8. The fraction of sp³-hybridized carbons (Fsp3) is 0.188. The van der Waals surface area contributed by atoms with Crippen LogP contribution in [0.25, 0.3) is 11.5 Å². The number of aryl methyl sites for hydroxylation is 1. The van der Waals surface area contributed by atoms with E-state index >= 15 is 0 Å². The average Bonchev–Trinajstić information content (AvgIpc) is 3.24. The summed E-state index contributed by atoms with van der Waals surface area (Å²) in [6.07, 6.45) is 1.67. The van der Waals surface area contributed by atoms with Gasteiger partial charge in [-0.05, 0) is 19.1 Å². The number of nitrogens with zero attached hydrogens (tertiary/aromatic N) is 3. The summed E-state index contributed by atoms with van der Waals surface area (Å²) in [7, 11) is 0. The van der Waals surface area contributed by atoms with Gasteiger partial charge in [-0.15, -0.1) is 10.2 Å². The Balaban J connectivity index is 1.53. The number of furan rings is 1. The molecule has 0 radical (unpaired) electrons. The number of thioether (sulfide) groups is 1. The fourth-order valence-electron chi connectivity index (χ4n) is 2.17. The van der Waals surface area contributed by atoms with Gasteiger partial charge in [0.05, 0.1) is 16.7 Å². The van der Waals surface area contributed by atoms with Gasteiger partial charge in [0.2, 0.25) is 5.91 Å². The molecule has 0 fully saturated rings. The fourth-order valence-corrected chi connectivity index (χ4v) is 2.86. The molecule has 0 aliphatic heterocycles. The smallest absolute Gasteiger partial charge is 0.292 e. The third-order valence-electron chi connectivity index (χ3n) is 3.43. The van der Waals surface area contributed by atoms with Crippen LogP contribution in [0, 0.1) is 17.0 Å².